The van der Waals surface area contributed by atoms with Crippen molar-refractivity contribution < 1.29 is 0 Å². The monoisotopic (exact) mass is 202 g/mol. The second-order valence-corrected chi connectivity index (χ2v) is 2.61. The van der Waals surface area contributed by atoms with Gasteiger partial charge in [0.25, 0.3) is 0 Å². The zero-order valence-electron chi connectivity index (χ0n) is 5.21. The molecule has 0 atom stereocenters. The summed E-state index contributed by atoms with van der Waals surface area (Å²) in [6.45, 7) is 0.493. The summed E-state index contributed by atoms with van der Waals surface area (Å²) in [6, 6.07) is 0. The average molecular weight is 203 g/mol. The van der Waals surface area contributed by atoms with Crippen LogP contribution >= 0.6 is 15.9 Å². The van der Waals surface area contributed by atoms with Crippen molar-refractivity contribution in [1.29, 1.82) is 0 Å². The summed E-state index contributed by atoms with van der Waals surface area (Å²) in [5.74, 6) is 5.74. The molecule has 1 aromatic rings. The van der Waals surface area contributed by atoms with E-state index in [1.54, 1.807) is 12.4 Å². The molecule has 54 valence electrons. The van der Waals surface area contributed by atoms with Crippen LogP contribution in [-0.4, -0.2) is 9.97 Å². The van der Waals surface area contributed by atoms with E-state index in [4.69, 9.17) is 5.84 Å². The summed E-state index contributed by atoms with van der Waals surface area (Å²) in [6.07, 6.45) is 3.36. The molecule has 5 heteroatoms. The number of hydrogen-bond donors (Lipinski definition) is 2. The number of nitrogens with zero attached hydrogens (tertiary/aromatic N) is 2. The van der Waals surface area contributed by atoms with Crippen LogP contribution in [0.15, 0.2) is 16.9 Å². The Morgan fingerprint density at radius 3 is 2.60 bits per heavy atom. The Morgan fingerprint density at radius 1 is 1.50 bits per heavy atom. The predicted molar refractivity (Wildman–Crippen MR) is 40.8 cm³/mol. The molecule has 0 aliphatic carbocycles. The van der Waals surface area contributed by atoms with E-state index in [1.807, 2.05) is 0 Å². The van der Waals surface area contributed by atoms with Gasteiger partial charge in [-0.3, -0.25) is 11.3 Å². The van der Waals surface area contributed by atoms with Gasteiger partial charge in [0, 0.05) is 12.4 Å². The minimum atomic E-state index is 0.493. The van der Waals surface area contributed by atoms with Crippen LogP contribution in [0.25, 0.3) is 0 Å². The first kappa shape index (κ1) is 7.59. The predicted octanol–water partition coefficient (Wildman–Crippen LogP) is 0.202. The molecule has 0 amide bonds. The van der Waals surface area contributed by atoms with Crippen LogP contribution in [0.5, 0.6) is 0 Å². The molecule has 0 saturated carbocycles. The number of nitrogens with one attached hydrogen (secondary N) is 1. The van der Waals surface area contributed by atoms with Crippen LogP contribution in [0.2, 0.25) is 0 Å². The Labute approximate surface area is 67.0 Å². The molecule has 0 aromatic carbocycles. The van der Waals surface area contributed by atoms with Crippen molar-refractivity contribution >= 4 is 15.9 Å². The number of aromatic nitrogens is 2. The van der Waals surface area contributed by atoms with Crippen LogP contribution < -0.4 is 11.3 Å². The van der Waals surface area contributed by atoms with Crippen molar-refractivity contribution in [3.05, 3.63) is 22.7 Å². The smallest absolute Gasteiger partial charge is 0.143 e. The molecule has 0 bridgehead atoms. The lowest BCUT2D eigenvalue weighted by atomic mass is 10.5. The second-order valence-electron chi connectivity index (χ2n) is 1.70. The number of rotatable bonds is 2. The molecule has 0 spiro atoms. The molecule has 0 saturated heterocycles. The third-order valence-corrected chi connectivity index (χ3v) is 1.34. The van der Waals surface area contributed by atoms with Crippen molar-refractivity contribution in [1.82, 2.24) is 15.4 Å². The highest BCUT2D eigenvalue weighted by Gasteiger charge is 1.91. The van der Waals surface area contributed by atoms with Crippen molar-refractivity contribution in [3.8, 4) is 0 Å². The Morgan fingerprint density at radius 2 is 2.10 bits per heavy atom. The fourth-order valence-electron chi connectivity index (χ4n) is 0.522. The molecule has 0 radical (unpaired) electrons. The first-order valence-corrected chi connectivity index (χ1v) is 3.52. The van der Waals surface area contributed by atoms with Crippen molar-refractivity contribution in [2.45, 2.75) is 6.54 Å². The summed E-state index contributed by atoms with van der Waals surface area (Å²) in [7, 11) is 0. The van der Waals surface area contributed by atoms with E-state index in [0.717, 1.165) is 4.47 Å². The lowest BCUT2D eigenvalue weighted by molar-refractivity contribution is 0.699. The number of hydrazine groups is 1. The van der Waals surface area contributed by atoms with Crippen LogP contribution in [0.1, 0.15) is 5.82 Å². The molecule has 0 aliphatic heterocycles. The standard InChI is InChI=1S/C5H7BrN4/c6-4-1-8-5(3-10-7)9-2-4/h1-2,10H,3,7H2. The van der Waals surface area contributed by atoms with Gasteiger partial charge in [-0.15, -0.1) is 0 Å². The normalized spacial score (nSPS) is 9.80. The van der Waals surface area contributed by atoms with E-state index in [0.29, 0.717) is 12.4 Å². The van der Waals surface area contributed by atoms with Gasteiger partial charge in [-0.25, -0.2) is 9.97 Å². The molecular weight excluding hydrogens is 196 g/mol. The summed E-state index contributed by atoms with van der Waals surface area (Å²) in [5, 5.41) is 0. The molecule has 4 nitrogen and oxygen atoms in total. The molecule has 1 rings (SSSR count). The fraction of sp³-hybridized carbons (Fsp3) is 0.200. The second kappa shape index (κ2) is 3.60. The molecule has 1 aromatic heterocycles. The lowest BCUT2D eigenvalue weighted by Gasteiger charge is -1.95. The zero-order valence-corrected chi connectivity index (χ0v) is 6.80. The van der Waals surface area contributed by atoms with Gasteiger partial charge < -0.3 is 0 Å². The number of nitrogens with two attached hydrogens (primary N) is 1. The van der Waals surface area contributed by atoms with Gasteiger partial charge in [0.15, 0.2) is 0 Å². The van der Waals surface area contributed by atoms with E-state index in [1.165, 1.54) is 0 Å². The highest BCUT2D eigenvalue weighted by molar-refractivity contribution is 9.10. The third-order valence-electron chi connectivity index (χ3n) is 0.934. The SMILES string of the molecule is NNCc1ncc(Br)cn1. The highest BCUT2D eigenvalue weighted by atomic mass is 79.9. The van der Waals surface area contributed by atoms with Crippen LogP contribution in [0, 0.1) is 0 Å². The quantitative estimate of drug-likeness (QED) is 0.532. The summed E-state index contributed by atoms with van der Waals surface area (Å²) in [4.78, 5) is 7.94. The first-order valence-electron chi connectivity index (χ1n) is 2.73. The highest BCUT2D eigenvalue weighted by Crippen LogP contribution is 2.03. The van der Waals surface area contributed by atoms with Gasteiger partial charge in [0.1, 0.15) is 5.82 Å². The van der Waals surface area contributed by atoms with Crippen LogP contribution in [-0.2, 0) is 6.54 Å². The maximum absolute atomic E-state index is 5.06. The largest absolute Gasteiger partial charge is 0.271 e. The Balaban J connectivity index is 2.69. The molecule has 0 unspecified atom stereocenters. The van der Waals surface area contributed by atoms with Gasteiger partial charge in [0.2, 0.25) is 0 Å². The van der Waals surface area contributed by atoms with E-state index < -0.39 is 0 Å². The first-order chi connectivity index (χ1) is 4.83. The molecular formula is C5H7BrN4. The van der Waals surface area contributed by atoms with Crippen molar-refractivity contribution in [2.24, 2.45) is 5.84 Å². The summed E-state index contributed by atoms with van der Waals surface area (Å²) in [5.41, 5.74) is 2.46. The van der Waals surface area contributed by atoms with Crippen molar-refractivity contribution in [3.63, 3.8) is 0 Å². The summed E-state index contributed by atoms with van der Waals surface area (Å²) >= 11 is 3.22. The van der Waals surface area contributed by atoms with Crippen molar-refractivity contribution in [2.75, 3.05) is 0 Å². The Hall–Kier alpha value is -0.520. The maximum Gasteiger partial charge on any atom is 0.143 e. The minimum absolute atomic E-state index is 0.493. The molecule has 10 heavy (non-hydrogen) atoms. The van der Waals surface area contributed by atoms with E-state index >= 15 is 0 Å². The van der Waals surface area contributed by atoms with Gasteiger partial charge in [-0.2, -0.15) is 0 Å². The van der Waals surface area contributed by atoms with E-state index in [-0.39, 0.29) is 0 Å². The topological polar surface area (TPSA) is 63.8 Å². The Bertz CT molecular complexity index is 197. The van der Waals surface area contributed by atoms with Gasteiger partial charge in [-0.05, 0) is 15.9 Å². The fourth-order valence-corrected chi connectivity index (χ4v) is 0.726. The average Bonchev–Trinajstić information content (AvgIpc) is 1.95. The van der Waals surface area contributed by atoms with E-state index in [9.17, 15) is 0 Å². The Kier molecular flexibility index (Phi) is 2.73. The van der Waals surface area contributed by atoms with Gasteiger partial charge in [-0.1, -0.05) is 0 Å². The van der Waals surface area contributed by atoms with Gasteiger partial charge in [0.05, 0.1) is 11.0 Å². The molecule has 0 fully saturated rings. The van der Waals surface area contributed by atoms with Crippen LogP contribution in [0.3, 0.4) is 0 Å². The molecule has 0 aliphatic rings. The maximum atomic E-state index is 5.06. The minimum Gasteiger partial charge on any atom is -0.271 e. The number of hydrogen-bond acceptors (Lipinski definition) is 4. The molecule has 1 heterocycles. The zero-order chi connectivity index (χ0) is 7.40. The van der Waals surface area contributed by atoms with Crippen LogP contribution in [0.4, 0.5) is 0 Å². The third kappa shape index (κ3) is 2.02. The number of halogens is 1. The van der Waals surface area contributed by atoms with Gasteiger partial charge >= 0.3 is 0 Å². The molecule has 3 N–H and O–H groups in total. The van der Waals surface area contributed by atoms with E-state index in [2.05, 4.69) is 31.3 Å². The summed E-state index contributed by atoms with van der Waals surface area (Å²) < 4.78 is 0.869. The lowest BCUT2D eigenvalue weighted by Crippen LogP contribution is -2.22.